The van der Waals surface area contributed by atoms with Crippen LogP contribution in [-0.2, 0) is 0 Å². The summed E-state index contributed by atoms with van der Waals surface area (Å²) in [6.07, 6.45) is 0. The minimum Gasteiger partial charge on any atom is -0.545 e. The second kappa shape index (κ2) is 7.45. The standard InChI is InChI=1S/C17H16FNO5/c1-3-24-15-8-11(17(21)22)13(9-14(15)23-2)19-16(20)10-6-4-5-7-12(10)18/h4-9H,3H2,1-2H3,(H,19,20)(H,21,22)/p-1. The van der Waals surface area contributed by atoms with Gasteiger partial charge < -0.3 is 24.7 Å². The monoisotopic (exact) mass is 332 g/mol. The lowest BCUT2D eigenvalue weighted by Gasteiger charge is -2.17. The third-order valence-electron chi connectivity index (χ3n) is 3.19. The molecule has 6 nitrogen and oxygen atoms in total. The molecule has 0 unspecified atom stereocenters. The van der Waals surface area contributed by atoms with Crippen LogP contribution in [0.4, 0.5) is 10.1 Å². The predicted molar refractivity (Wildman–Crippen MR) is 82.8 cm³/mol. The number of methoxy groups -OCH3 is 1. The third kappa shape index (κ3) is 3.62. The zero-order chi connectivity index (χ0) is 17.7. The molecule has 0 aliphatic rings. The molecule has 0 heterocycles. The predicted octanol–water partition coefficient (Wildman–Crippen LogP) is 1.85. The molecule has 2 aromatic rings. The Morgan fingerprint density at radius 2 is 1.88 bits per heavy atom. The molecule has 7 heteroatoms. The van der Waals surface area contributed by atoms with Crippen molar-refractivity contribution < 1.29 is 28.6 Å². The van der Waals surface area contributed by atoms with E-state index in [4.69, 9.17) is 9.47 Å². The summed E-state index contributed by atoms with van der Waals surface area (Å²) in [6.45, 7) is 2.02. The first-order valence-corrected chi connectivity index (χ1v) is 7.10. The van der Waals surface area contributed by atoms with E-state index in [0.717, 1.165) is 6.07 Å². The summed E-state index contributed by atoms with van der Waals surface area (Å²) >= 11 is 0. The number of carboxylic acid groups (broad SMARTS) is 1. The van der Waals surface area contributed by atoms with Gasteiger partial charge in [-0.2, -0.15) is 0 Å². The van der Waals surface area contributed by atoms with E-state index >= 15 is 0 Å². The van der Waals surface area contributed by atoms with E-state index in [1.165, 1.54) is 37.4 Å². The van der Waals surface area contributed by atoms with Gasteiger partial charge in [0, 0.05) is 11.6 Å². The second-order valence-corrected chi connectivity index (χ2v) is 4.70. The van der Waals surface area contributed by atoms with Crippen LogP contribution in [0.3, 0.4) is 0 Å². The molecule has 0 spiro atoms. The van der Waals surface area contributed by atoms with E-state index in [1.54, 1.807) is 6.92 Å². The van der Waals surface area contributed by atoms with Gasteiger partial charge in [0.25, 0.3) is 5.91 Å². The quantitative estimate of drug-likeness (QED) is 0.872. The Morgan fingerprint density at radius 3 is 2.46 bits per heavy atom. The van der Waals surface area contributed by atoms with E-state index in [2.05, 4.69) is 5.32 Å². The summed E-state index contributed by atoms with van der Waals surface area (Å²) < 4.78 is 24.1. The maximum atomic E-state index is 13.7. The van der Waals surface area contributed by atoms with E-state index in [0.29, 0.717) is 6.61 Å². The molecule has 126 valence electrons. The van der Waals surface area contributed by atoms with Gasteiger partial charge in [0.15, 0.2) is 11.5 Å². The van der Waals surface area contributed by atoms with Gasteiger partial charge >= 0.3 is 0 Å². The number of aromatic carboxylic acids is 1. The summed E-state index contributed by atoms with van der Waals surface area (Å²) in [5, 5.41) is 13.7. The first kappa shape index (κ1) is 17.3. The van der Waals surface area contributed by atoms with Gasteiger partial charge in [-0.15, -0.1) is 0 Å². The molecular formula is C17H15FNO5-. The van der Waals surface area contributed by atoms with Crippen LogP contribution in [0.5, 0.6) is 11.5 Å². The van der Waals surface area contributed by atoms with E-state index in [-0.39, 0.29) is 28.3 Å². The van der Waals surface area contributed by atoms with Crippen LogP contribution in [0.15, 0.2) is 36.4 Å². The minimum absolute atomic E-state index is 0.0800. The number of carbonyl (C=O) groups is 2. The first-order valence-electron chi connectivity index (χ1n) is 7.10. The number of benzene rings is 2. The maximum Gasteiger partial charge on any atom is 0.258 e. The van der Waals surface area contributed by atoms with Crippen LogP contribution >= 0.6 is 0 Å². The van der Waals surface area contributed by atoms with E-state index < -0.39 is 17.7 Å². The zero-order valence-electron chi connectivity index (χ0n) is 13.1. The molecule has 0 aromatic heterocycles. The number of halogens is 1. The van der Waals surface area contributed by atoms with Crippen LogP contribution in [0.25, 0.3) is 0 Å². The highest BCUT2D eigenvalue weighted by molar-refractivity contribution is 6.08. The van der Waals surface area contributed by atoms with Crippen LogP contribution in [0.2, 0.25) is 0 Å². The maximum absolute atomic E-state index is 13.7. The molecule has 0 atom stereocenters. The number of ether oxygens (including phenoxy) is 2. The number of rotatable bonds is 6. The molecule has 2 aromatic carbocycles. The third-order valence-corrected chi connectivity index (χ3v) is 3.19. The number of hydrogen-bond donors (Lipinski definition) is 1. The number of nitrogens with one attached hydrogen (secondary N) is 1. The normalized spacial score (nSPS) is 10.1. The van der Waals surface area contributed by atoms with Gasteiger partial charge in [-0.05, 0) is 25.1 Å². The van der Waals surface area contributed by atoms with Crippen molar-refractivity contribution in [3.63, 3.8) is 0 Å². The Bertz CT molecular complexity index is 776. The molecule has 0 aliphatic carbocycles. The number of amides is 1. The Hall–Kier alpha value is -3.09. The lowest BCUT2D eigenvalue weighted by atomic mass is 10.1. The van der Waals surface area contributed by atoms with Gasteiger partial charge in [-0.1, -0.05) is 12.1 Å². The van der Waals surface area contributed by atoms with Crippen LogP contribution in [-0.4, -0.2) is 25.6 Å². The summed E-state index contributed by atoms with van der Waals surface area (Å²) in [7, 11) is 1.37. The van der Waals surface area contributed by atoms with Gasteiger partial charge in [0.05, 0.1) is 30.9 Å². The molecule has 0 saturated carbocycles. The zero-order valence-corrected chi connectivity index (χ0v) is 13.1. The largest absolute Gasteiger partial charge is 0.545 e. The topological polar surface area (TPSA) is 87.7 Å². The molecule has 0 fully saturated rings. The molecule has 24 heavy (non-hydrogen) atoms. The van der Waals surface area contributed by atoms with E-state index in [9.17, 15) is 19.1 Å². The highest BCUT2D eigenvalue weighted by Gasteiger charge is 2.17. The molecule has 1 N–H and O–H groups in total. The first-order chi connectivity index (χ1) is 11.5. The molecular weight excluding hydrogens is 317 g/mol. The lowest BCUT2D eigenvalue weighted by molar-refractivity contribution is -0.254. The number of hydrogen-bond acceptors (Lipinski definition) is 5. The summed E-state index contributed by atoms with van der Waals surface area (Å²) in [5.74, 6) is -2.60. The highest BCUT2D eigenvalue weighted by atomic mass is 19.1. The Morgan fingerprint density at radius 1 is 1.17 bits per heavy atom. The molecule has 2 rings (SSSR count). The van der Waals surface area contributed by atoms with Crippen LogP contribution in [0.1, 0.15) is 27.6 Å². The van der Waals surface area contributed by atoms with Crippen molar-refractivity contribution in [2.24, 2.45) is 0 Å². The molecule has 1 amide bonds. The molecule has 0 aliphatic heterocycles. The number of anilines is 1. The summed E-state index contributed by atoms with van der Waals surface area (Å²) in [6, 6.07) is 7.83. The van der Waals surface area contributed by atoms with Crippen molar-refractivity contribution in [3.8, 4) is 11.5 Å². The van der Waals surface area contributed by atoms with Crippen molar-refractivity contribution in [1.29, 1.82) is 0 Å². The van der Waals surface area contributed by atoms with Crippen molar-refractivity contribution in [2.75, 3.05) is 19.0 Å². The van der Waals surface area contributed by atoms with E-state index in [1.807, 2.05) is 0 Å². The average Bonchev–Trinajstić information content (AvgIpc) is 2.56. The molecule has 0 bridgehead atoms. The SMILES string of the molecule is CCOc1cc(C(=O)[O-])c(NC(=O)c2ccccc2F)cc1OC. The fourth-order valence-electron chi connectivity index (χ4n) is 2.10. The van der Waals surface area contributed by atoms with Gasteiger partial charge in [-0.25, -0.2) is 4.39 Å². The highest BCUT2D eigenvalue weighted by Crippen LogP contribution is 2.33. The van der Waals surface area contributed by atoms with Crippen molar-refractivity contribution in [1.82, 2.24) is 0 Å². The fraction of sp³-hybridized carbons (Fsp3) is 0.176. The van der Waals surface area contributed by atoms with Crippen molar-refractivity contribution in [2.45, 2.75) is 6.92 Å². The smallest absolute Gasteiger partial charge is 0.258 e. The second-order valence-electron chi connectivity index (χ2n) is 4.70. The van der Waals surface area contributed by atoms with Gasteiger partial charge in [0.1, 0.15) is 5.82 Å². The van der Waals surface area contributed by atoms with Crippen molar-refractivity contribution >= 4 is 17.6 Å². The molecule has 0 saturated heterocycles. The Balaban J connectivity index is 2.43. The summed E-state index contributed by atoms with van der Waals surface area (Å²) in [4.78, 5) is 23.5. The van der Waals surface area contributed by atoms with Gasteiger partial charge in [0.2, 0.25) is 0 Å². The minimum atomic E-state index is -1.51. The number of carbonyl (C=O) groups excluding carboxylic acids is 2. The van der Waals surface area contributed by atoms with Crippen LogP contribution < -0.4 is 19.9 Å². The van der Waals surface area contributed by atoms with Crippen molar-refractivity contribution in [3.05, 3.63) is 53.3 Å². The van der Waals surface area contributed by atoms with Crippen LogP contribution in [0, 0.1) is 5.82 Å². The Labute approximate surface area is 137 Å². The lowest BCUT2D eigenvalue weighted by Crippen LogP contribution is -2.25. The summed E-state index contributed by atoms with van der Waals surface area (Å²) in [5.41, 5.74) is -0.595. The number of carboxylic acids is 1. The Kier molecular flexibility index (Phi) is 5.36. The molecule has 0 radical (unpaired) electrons. The fourth-order valence-corrected chi connectivity index (χ4v) is 2.10. The van der Waals surface area contributed by atoms with Gasteiger partial charge in [-0.3, -0.25) is 4.79 Å². The average molecular weight is 332 g/mol.